The number of rotatable bonds is 3. The summed E-state index contributed by atoms with van der Waals surface area (Å²) >= 11 is 0. The second-order valence-corrected chi connectivity index (χ2v) is 5.65. The summed E-state index contributed by atoms with van der Waals surface area (Å²) in [6.45, 7) is 1.44. The molecule has 3 aromatic rings. The molecule has 0 aliphatic heterocycles. The fourth-order valence-corrected chi connectivity index (χ4v) is 2.59. The molecule has 2 aromatic heterocycles. The van der Waals surface area contributed by atoms with Gasteiger partial charge in [-0.1, -0.05) is 0 Å². The van der Waals surface area contributed by atoms with E-state index in [1.165, 1.54) is 24.7 Å². The van der Waals surface area contributed by atoms with Crippen LogP contribution in [0.4, 0.5) is 17.1 Å². The fraction of sp³-hybridized carbons (Fsp3) is 0.176. The number of carbonyl (C=O) groups is 1. The molecule has 0 unspecified atom stereocenters. The van der Waals surface area contributed by atoms with Crippen LogP contribution in [0.3, 0.4) is 0 Å². The van der Waals surface area contributed by atoms with E-state index in [0.717, 1.165) is 10.3 Å². The van der Waals surface area contributed by atoms with Gasteiger partial charge in [0, 0.05) is 38.6 Å². The van der Waals surface area contributed by atoms with Crippen molar-refractivity contribution in [3.8, 4) is 0 Å². The Kier molecular flexibility index (Phi) is 4.10. The molecular weight excluding hydrogens is 322 g/mol. The first-order valence-corrected chi connectivity index (χ1v) is 7.58. The highest BCUT2D eigenvalue weighted by Crippen LogP contribution is 2.23. The minimum atomic E-state index is -0.429. The lowest BCUT2D eigenvalue weighted by Gasteiger charge is -2.12. The van der Waals surface area contributed by atoms with E-state index >= 15 is 0 Å². The second kappa shape index (κ2) is 6.23. The molecule has 0 fully saturated rings. The Hall–Kier alpha value is -3.42. The number of aromatic nitrogens is 3. The van der Waals surface area contributed by atoms with Crippen LogP contribution in [0.2, 0.25) is 0 Å². The zero-order valence-electron chi connectivity index (χ0n) is 14.0. The van der Waals surface area contributed by atoms with Crippen LogP contribution in [0, 0.1) is 0 Å². The van der Waals surface area contributed by atoms with Gasteiger partial charge in [-0.05, 0) is 30.3 Å². The number of pyridine rings is 1. The summed E-state index contributed by atoms with van der Waals surface area (Å²) in [5.41, 5.74) is 1.43. The average molecular weight is 339 g/mol. The van der Waals surface area contributed by atoms with Crippen LogP contribution in [-0.4, -0.2) is 20.0 Å². The van der Waals surface area contributed by atoms with E-state index in [-0.39, 0.29) is 5.91 Å². The first-order valence-electron chi connectivity index (χ1n) is 7.58. The molecule has 1 aromatic carbocycles. The molecule has 8 nitrogen and oxygen atoms in total. The molecule has 128 valence electrons. The number of carbonyl (C=O) groups excluding carboxylic acids is 1. The Balaban J connectivity index is 2.07. The topological polar surface area (TPSA) is 98.0 Å². The molecule has 2 N–H and O–H groups in total. The van der Waals surface area contributed by atoms with Gasteiger partial charge in [0.15, 0.2) is 5.65 Å². The van der Waals surface area contributed by atoms with E-state index in [1.54, 1.807) is 37.4 Å². The van der Waals surface area contributed by atoms with E-state index in [4.69, 9.17) is 0 Å². The Morgan fingerprint density at radius 1 is 1.00 bits per heavy atom. The lowest BCUT2D eigenvalue weighted by molar-refractivity contribution is -0.114. The number of hydrogen-bond donors (Lipinski definition) is 2. The molecular formula is C17H17N5O3. The van der Waals surface area contributed by atoms with Gasteiger partial charge in [0.25, 0.3) is 5.56 Å². The van der Waals surface area contributed by atoms with E-state index in [1.807, 2.05) is 0 Å². The molecule has 2 heterocycles. The maximum Gasteiger partial charge on any atom is 0.332 e. The van der Waals surface area contributed by atoms with Crippen LogP contribution in [-0.2, 0) is 18.9 Å². The van der Waals surface area contributed by atoms with Crippen molar-refractivity contribution < 1.29 is 4.79 Å². The van der Waals surface area contributed by atoms with Crippen molar-refractivity contribution in [2.75, 3.05) is 10.6 Å². The highest BCUT2D eigenvalue weighted by atomic mass is 16.2. The molecule has 0 spiro atoms. The third kappa shape index (κ3) is 3.01. The predicted molar refractivity (Wildman–Crippen MR) is 96.3 cm³/mol. The number of aryl methyl sites for hydroxylation is 1. The van der Waals surface area contributed by atoms with E-state index in [9.17, 15) is 14.4 Å². The lowest BCUT2D eigenvalue weighted by Crippen LogP contribution is -2.37. The lowest BCUT2D eigenvalue weighted by atomic mass is 10.2. The van der Waals surface area contributed by atoms with Gasteiger partial charge in [-0.3, -0.25) is 18.7 Å². The van der Waals surface area contributed by atoms with Crippen LogP contribution in [0.1, 0.15) is 6.92 Å². The highest BCUT2D eigenvalue weighted by molar-refractivity contribution is 5.91. The average Bonchev–Trinajstić information content (AvgIpc) is 2.59. The summed E-state index contributed by atoms with van der Waals surface area (Å²) in [5, 5.41) is 6.18. The maximum absolute atomic E-state index is 12.5. The normalized spacial score (nSPS) is 10.7. The van der Waals surface area contributed by atoms with Crippen molar-refractivity contribution in [2.45, 2.75) is 6.92 Å². The van der Waals surface area contributed by atoms with Crippen molar-refractivity contribution in [1.29, 1.82) is 0 Å². The first kappa shape index (κ1) is 16.4. The fourth-order valence-electron chi connectivity index (χ4n) is 2.59. The zero-order chi connectivity index (χ0) is 18.1. The monoisotopic (exact) mass is 339 g/mol. The quantitative estimate of drug-likeness (QED) is 0.750. The molecule has 0 aliphatic carbocycles. The van der Waals surface area contributed by atoms with Gasteiger partial charge in [-0.25, -0.2) is 9.78 Å². The van der Waals surface area contributed by atoms with E-state index < -0.39 is 11.2 Å². The van der Waals surface area contributed by atoms with Gasteiger partial charge in [0.2, 0.25) is 5.91 Å². The third-order valence-electron chi connectivity index (χ3n) is 3.83. The summed E-state index contributed by atoms with van der Waals surface area (Å²) in [6, 6.07) is 8.74. The van der Waals surface area contributed by atoms with Crippen molar-refractivity contribution in [3.63, 3.8) is 0 Å². The van der Waals surface area contributed by atoms with Crippen molar-refractivity contribution in [2.24, 2.45) is 14.1 Å². The van der Waals surface area contributed by atoms with E-state index in [2.05, 4.69) is 15.6 Å². The number of hydrogen-bond acceptors (Lipinski definition) is 5. The standard InChI is InChI=1S/C17H17N5O3/c1-10(23)19-11-4-6-12(7-5-11)20-13-8-9-18-15-14(13)16(24)22(3)17(25)21(15)2/h4-9H,1-3H3,(H,18,20)(H,19,23). The number of fused-ring (bicyclic) bond motifs is 1. The van der Waals surface area contributed by atoms with Crippen LogP contribution in [0.15, 0.2) is 46.1 Å². The smallest absolute Gasteiger partial charge is 0.332 e. The molecule has 3 rings (SSSR count). The first-order chi connectivity index (χ1) is 11.9. The number of benzene rings is 1. The van der Waals surface area contributed by atoms with Crippen LogP contribution < -0.4 is 21.9 Å². The van der Waals surface area contributed by atoms with Crippen molar-refractivity contribution in [3.05, 3.63) is 57.4 Å². The Bertz CT molecular complexity index is 1080. The van der Waals surface area contributed by atoms with Gasteiger partial charge in [-0.2, -0.15) is 0 Å². The SMILES string of the molecule is CC(=O)Nc1ccc(Nc2ccnc3c2c(=O)n(C)c(=O)n3C)cc1. The predicted octanol–water partition coefficient (Wildman–Crippen LogP) is 1.33. The van der Waals surface area contributed by atoms with Gasteiger partial charge >= 0.3 is 5.69 Å². The molecule has 0 radical (unpaired) electrons. The second-order valence-electron chi connectivity index (χ2n) is 5.65. The van der Waals surface area contributed by atoms with Gasteiger partial charge in [0.1, 0.15) is 5.39 Å². The minimum Gasteiger partial charge on any atom is -0.355 e. The van der Waals surface area contributed by atoms with Crippen LogP contribution in [0.25, 0.3) is 11.0 Å². The van der Waals surface area contributed by atoms with Gasteiger partial charge < -0.3 is 10.6 Å². The summed E-state index contributed by atoms with van der Waals surface area (Å²) in [5.74, 6) is -0.148. The minimum absolute atomic E-state index is 0.148. The number of nitrogens with zero attached hydrogens (tertiary/aromatic N) is 3. The number of nitrogens with one attached hydrogen (secondary N) is 2. The van der Waals surface area contributed by atoms with Crippen molar-refractivity contribution >= 4 is 34.0 Å². The molecule has 0 aliphatic rings. The van der Waals surface area contributed by atoms with Gasteiger partial charge in [0.05, 0.1) is 5.69 Å². The third-order valence-corrected chi connectivity index (χ3v) is 3.83. The summed E-state index contributed by atoms with van der Waals surface area (Å²) < 4.78 is 2.39. The van der Waals surface area contributed by atoms with Crippen molar-refractivity contribution in [1.82, 2.24) is 14.1 Å². The molecule has 8 heteroatoms. The van der Waals surface area contributed by atoms with Crippen LogP contribution >= 0.6 is 0 Å². The van der Waals surface area contributed by atoms with E-state index in [0.29, 0.717) is 22.4 Å². The summed E-state index contributed by atoms with van der Waals surface area (Å²) in [7, 11) is 3.01. The molecule has 25 heavy (non-hydrogen) atoms. The summed E-state index contributed by atoms with van der Waals surface area (Å²) in [4.78, 5) is 39.8. The molecule has 0 saturated carbocycles. The molecule has 1 amide bonds. The Morgan fingerprint density at radius 2 is 1.64 bits per heavy atom. The number of anilines is 3. The zero-order valence-corrected chi connectivity index (χ0v) is 14.0. The highest BCUT2D eigenvalue weighted by Gasteiger charge is 2.13. The molecule has 0 saturated heterocycles. The summed E-state index contributed by atoms with van der Waals surface area (Å²) in [6.07, 6.45) is 1.54. The Morgan fingerprint density at radius 3 is 2.28 bits per heavy atom. The Labute approximate surface area is 142 Å². The largest absolute Gasteiger partial charge is 0.355 e. The van der Waals surface area contributed by atoms with Gasteiger partial charge in [-0.15, -0.1) is 0 Å². The maximum atomic E-state index is 12.5. The van der Waals surface area contributed by atoms with Crippen LogP contribution in [0.5, 0.6) is 0 Å². The molecule has 0 atom stereocenters. The molecule has 0 bridgehead atoms. The number of amides is 1.